The summed E-state index contributed by atoms with van der Waals surface area (Å²) in [4.78, 5) is 0. The number of hydrogen-bond donors (Lipinski definition) is 1. The van der Waals surface area contributed by atoms with E-state index in [1.807, 2.05) is 6.07 Å². The molecule has 0 aliphatic heterocycles. The molecule has 1 aliphatic rings. The summed E-state index contributed by atoms with van der Waals surface area (Å²) in [7, 11) is 0. The lowest BCUT2D eigenvalue weighted by atomic mass is 10.0. The summed E-state index contributed by atoms with van der Waals surface area (Å²) in [5, 5.41) is 4.35. The summed E-state index contributed by atoms with van der Waals surface area (Å²) in [5.74, 6) is 0.918. The molecule has 0 saturated heterocycles. The maximum absolute atomic E-state index is 6.09. The van der Waals surface area contributed by atoms with Crippen LogP contribution in [0.5, 0.6) is 0 Å². The van der Waals surface area contributed by atoms with Gasteiger partial charge in [-0.05, 0) is 42.6 Å². The highest BCUT2D eigenvalue weighted by molar-refractivity contribution is 9.10. The molecule has 0 aromatic heterocycles. The van der Waals surface area contributed by atoms with Crippen LogP contribution >= 0.6 is 27.5 Å². The molecule has 88 valence electrons. The molecule has 0 amide bonds. The minimum atomic E-state index is 0.451. The van der Waals surface area contributed by atoms with Gasteiger partial charge in [-0.15, -0.1) is 0 Å². The first-order chi connectivity index (χ1) is 7.69. The third kappa shape index (κ3) is 3.47. The lowest BCUT2D eigenvalue weighted by Crippen LogP contribution is -2.21. The van der Waals surface area contributed by atoms with Crippen molar-refractivity contribution >= 4 is 27.5 Å². The number of benzene rings is 1. The maximum atomic E-state index is 6.09. The molecular weight excluding hydrogens is 286 g/mol. The zero-order valence-electron chi connectivity index (χ0n) is 9.47. The van der Waals surface area contributed by atoms with Crippen LogP contribution in [0, 0.1) is 5.92 Å². The Labute approximate surface area is 111 Å². The highest BCUT2D eigenvalue weighted by Crippen LogP contribution is 2.38. The third-order valence-corrected chi connectivity index (χ3v) is 3.68. The predicted octanol–water partition coefficient (Wildman–Crippen LogP) is 4.55. The second-order valence-electron chi connectivity index (χ2n) is 4.49. The molecule has 0 bridgehead atoms. The molecule has 1 aromatic carbocycles. The Balaban J connectivity index is 2.15. The van der Waals surface area contributed by atoms with E-state index in [4.69, 9.17) is 11.6 Å². The largest absolute Gasteiger partial charge is 0.310 e. The molecule has 16 heavy (non-hydrogen) atoms. The van der Waals surface area contributed by atoms with Crippen LogP contribution in [0.25, 0.3) is 0 Å². The van der Waals surface area contributed by atoms with Gasteiger partial charge in [0.15, 0.2) is 0 Å². The highest BCUT2D eigenvalue weighted by atomic mass is 79.9. The maximum Gasteiger partial charge on any atom is 0.0420 e. The molecule has 1 atom stereocenters. The molecule has 0 spiro atoms. The van der Waals surface area contributed by atoms with Gasteiger partial charge in [-0.2, -0.15) is 0 Å². The number of rotatable bonds is 5. The lowest BCUT2D eigenvalue weighted by Gasteiger charge is -2.18. The Hall–Kier alpha value is -0.0500. The van der Waals surface area contributed by atoms with E-state index in [0.717, 1.165) is 22.0 Å². The van der Waals surface area contributed by atoms with Crippen LogP contribution in [-0.2, 0) is 0 Å². The van der Waals surface area contributed by atoms with Crippen LogP contribution in [0.4, 0.5) is 0 Å². The van der Waals surface area contributed by atoms with Crippen molar-refractivity contribution in [1.29, 1.82) is 0 Å². The van der Waals surface area contributed by atoms with Crippen molar-refractivity contribution in [3.05, 3.63) is 33.3 Å². The fraction of sp³-hybridized carbons (Fsp3) is 0.538. The van der Waals surface area contributed by atoms with Gasteiger partial charge in [-0.25, -0.2) is 0 Å². The van der Waals surface area contributed by atoms with Crippen LogP contribution in [0.1, 0.15) is 37.8 Å². The van der Waals surface area contributed by atoms with Gasteiger partial charge < -0.3 is 5.32 Å². The molecule has 1 aromatic rings. The molecule has 1 N–H and O–H groups in total. The van der Waals surface area contributed by atoms with E-state index < -0.39 is 0 Å². The van der Waals surface area contributed by atoms with Crippen molar-refractivity contribution in [2.24, 2.45) is 5.92 Å². The zero-order chi connectivity index (χ0) is 11.5. The third-order valence-electron chi connectivity index (χ3n) is 3.00. The molecule has 0 radical (unpaired) electrons. The Bertz CT molecular complexity index is 343. The fourth-order valence-electron chi connectivity index (χ4n) is 2.05. The Kier molecular flexibility index (Phi) is 4.28. The van der Waals surface area contributed by atoms with Crippen molar-refractivity contribution in [2.45, 2.75) is 32.2 Å². The Morgan fingerprint density at radius 3 is 2.75 bits per heavy atom. The monoisotopic (exact) mass is 301 g/mol. The summed E-state index contributed by atoms with van der Waals surface area (Å²) in [6.07, 6.45) is 4.02. The normalized spacial score (nSPS) is 17.4. The van der Waals surface area contributed by atoms with Crippen LogP contribution < -0.4 is 5.32 Å². The highest BCUT2D eigenvalue weighted by Gasteiger charge is 2.26. The first-order valence-electron chi connectivity index (χ1n) is 5.88. The Morgan fingerprint density at radius 2 is 2.19 bits per heavy atom. The summed E-state index contributed by atoms with van der Waals surface area (Å²) in [6.45, 7) is 3.15. The quantitative estimate of drug-likeness (QED) is 0.841. The zero-order valence-corrected chi connectivity index (χ0v) is 11.8. The second-order valence-corrected chi connectivity index (χ2v) is 5.84. The number of hydrogen-bond acceptors (Lipinski definition) is 1. The molecule has 1 saturated carbocycles. The van der Waals surface area contributed by atoms with E-state index >= 15 is 0 Å². The lowest BCUT2D eigenvalue weighted by molar-refractivity contribution is 0.487. The summed E-state index contributed by atoms with van der Waals surface area (Å²) >= 11 is 9.59. The summed E-state index contributed by atoms with van der Waals surface area (Å²) in [5.41, 5.74) is 1.30. The van der Waals surface area contributed by atoms with E-state index in [1.165, 1.54) is 24.8 Å². The van der Waals surface area contributed by atoms with Crippen molar-refractivity contribution in [1.82, 2.24) is 5.32 Å². The average Bonchev–Trinajstić information content (AvgIpc) is 2.99. The molecule has 3 heteroatoms. The standard InChI is InChI=1S/C13H17BrClN/c1-2-16-13(5-9-3-4-9)10-6-11(14)8-12(15)7-10/h6-9,13,16H,2-5H2,1H3. The molecule has 2 rings (SSSR count). The van der Waals surface area contributed by atoms with Gasteiger partial charge in [0.1, 0.15) is 0 Å². The van der Waals surface area contributed by atoms with Crippen LogP contribution in [0.3, 0.4) is 0 Å². The van der Waals surface area contributed by atoms with E-state index in [2.05, 4.69) is 40.3 Å². The van der Waals surface area contributed by atoms with Gasteiger partial charge >= 0.3 is 0 Å². The van der Waals surface area contributed by atoms with E-state index in [9.17, 15) is 0 Å². The first-order valence-corrected chi connectivity index (χ1v) is 7.05. The number of nitrogens with one attached hydrogen (secondary N) is 1. The van der Waals surface area contributed by atoms with Crippen LogP contribution in [-0.4, -0.2) is 6.54 Å². The van der Waals surface area contributed by atoms with Gasteiger partial charge in [-0.3, -0.25) is 0 Å². The van der Waals surface area contributed by atoms with Gasteiger partial charge in [0.05, 0.1) is 0 Å². The summed E-state index contributed by atoms with van der Waals surface area (Å²) in [6, 6.07) is 6.63. The Morgan fingerprint density at radius 1 is 1.44 bits per heavy atom. The molecule has 0 heterocycles. The van der Waals surface area contributed by atoms with E-state index in [0.29, 0.717) is 6.04 Å². The van der Waals surface area contributed by atoms with Crippen LogP contribution in [0.2, 0.25) is 5.02 Å². The first kappa shape index (κ1) is 12.4. The number of halogens is 2. The SMILES string of the molecule is CCNC(CC1CC1)c1cc(Cl)cc(Br)c1. The van der Waals surface area contributed by atoms with Gasteiger partial charge in [0.25, 0.3) is 0 Å². The molecule has 1 aliphatic carbocycles. The molecular formula is C13H17BrClN. The van der Waals surface area contributed by atoms with Gasteiger partial charge in [0, 0.05) is 15.5 Å². The average molecular weight is 303 g/mol. The van der Waals surface area contributed by atoms with Gasteiger partial charge in [-0.1, -0.05) is 47.3 Å². The smallest absolute Gasteiger partial charge is 0.0420 e. The summed E-state index contributed by atoms with van der Waals surface area (Å²) < 4.78 is 1.06. The minimum absolute atomic E-state index is 0.451. The molecule has 1 nitrogen and oxygen atoms in total. The predicted molar refractivity (Wildman–Crippen MR) is 72.9 cm³/mol. The van der Waals surface area contributed by atoms with Gasteiger partial charge in [0.2, 0.25) is 0 Å². The topological polar surface area (TPSA) is 12.0 Å². The second kappa shape index (κ2) is 5.52. The van der Waals surface area contributed by atoms with Crippen LogP contribution in [0.15, 0.2) is 22.7 Å². The van der Waals surface area contributed by atoms with E-state index in [-0.39, 0.29) is 0 Å². The van der Waals surface area contributed by atoms with E-state index in [1.54, 1.807) is 0 Å². The van der Waals surface area contributed by atoms with Crippen molar-refractivity contribution in [3.8, 4) is 0 Å². The minimum Gasteiger partial charge on any atom is -0.310 e. The van der Waals surface area contributed by atoms with Crippen molar-refractivity contribution < 1.29 is 0 Å². The molecule has 1 unspecified atom stereocenters. The molecule has 1 fully saturated rings. The van der Waals surface area contributed by atoms with Crippen molar-refractivity contribution in [2.75, 3.05) is 6.54 Å². The fourth-order valence-corrected chi connectivity index (χ4v) is 2.93. The van der Waals surface area contributed by atoms with Crippen molar-refractivity contribution in [3.63, 3.8) is 0 Å².